The summed E-state index contributed by atoms with van der Waals surface area (Å²) in [5.41, 5.74) is 2.50. The first-order chi connectivity index (χ1) is 14.1. The molecule has 0 unspecified atom stereocenters. The summed E-state index contributed by atoms with van der Waals surface area (Å²) in [5, 5.41) is 3.34. The number of benzene rings is 2. The molecule has 0 spiro atoms. The average Bonchev–Trinajstić information content (AvgIpc) is 2.74. The maximum atomic E-state index is 13.3. The first-order valence-electron chi connectivity index (χ1n) is 8.80. The van der Waals surface area contributed by atoms with Crippen LogP contribution in [0, 0.1) is 0 Å². The highest BCUT2D eigenvalue weighted by Crippen LogP contribution is 2.39. The molecule has 2 heterocycles. The minimum Gasteiger partial charge on any atom is -0.493 e. The lowest BCUT2D eigenvalue weighted by Crippen LogP contribution is -2.43. The van der Waals surface area contributed by atoms with Gasteiger partial charge in [0.1, 0.15) is 6.17 Å². The van der Waals surface area contributed by atoms with E-state index >= 15 is 0 Å². The lowest BCUT2D eigenvalue weighted by Gasteiger charge is -2.38. The highest BCUT2D eigenvalue weighted by molar-refractivity contribution is 6.12. The number of halogens is 2. The fourth-order valence-electron chi connectivity index (χ4n) is 3.31. The van der Waals surface area contributed by atoms with Gasteiger partial charge in [0, 0.05) is 23.8 Å². The molecule has 1 N–H and O–H groups in total. The number of carbonyl (C=O) groups excluding carboxylic acids is 1. The van der Waals surface area contributed by atoms with Gasteiger partial charge in [-0.1, -0.05) is 18.2 Å². The number of alkyl halides is 2. The molecular weight excluding hydrogens is 380 g/mol. The van der Waals surface area contributed by atoms with Gasteiger partial charge in [0.05, 0.1) is 12.7 Å². The number of aromatic nitrogens is 1. The van der Waals surface area contributed by atoms with Crippen molar-refractivity contribution < 1.29 is 23.0 Å². The van der Waals surface area contributed by atoms with Gasteiger partial charge in [0.25, 0.3) is 5.91 Å². The van der Waals surface area contributed by atoms with Crippen LogP contribution in [0.15, 0.2) is 67.0 Å². The monoisotopic (exact) mass is 397 g/mol. The fraction of sp³-hybridized carbons (Fsp3) is 0.143. The molecule has 0 saturated carbocycles. The average molecular weight is 397 g/mol. The van der Waals surface area contributed by atoms with Gasteiger partial charge in [-0.15, -0.1) is 0 Å². The molecule has 148 valence electrons. The van der Waals surface area contributed by atoms with Crippen molar-refractivity contribution in [2.75, 3.05) is 17.3 Å². The largest absolute Gasteiger partial charge is 0.493 e. The summed E-state index contributed by atoms with van der Waals surface area (Å²) >= 11 is 0. The second-order valence-corrected chi connectivity index (χ2v) is 6.26. The van der Waals surface area contributed by atoms with Crippen LogP contribution >= 0.6 is 0 Å². The number of methoxy groups -OCH3 is 1. The SMILES string of the molecule is COc1cc([C@@H]2Nc3ccccc3C(=O)N2c2ccncc2)ccc1OC(F)F. The fourth-order valence-corrected chi connectivity index (χ4v) is 3.31. The molecule has 2 aromatic carbocycles. The molecule has 1 atom stereocenters. The Morgan fingerprint density at radius 1 is 1.07 bits per heavy atom. The summed E-state index contributed by atoms with van der Waals surface area (Å²) in [4.78, 5) is 18.9. The van der Waals surface area contributed by atoms with Crippen LogP contribution in [0.4, 0.5) is 20.2 Å². The summed E-state index contributed by atoms with van der Waals surface area (Å²) in [6.45, 7) is -2.97. The number of amides is 1. The second-order valence-electron chi connectivity index (χ2n) is 6.26. The Morgan fingerprint density at radius 3 is 2.55 bits per heavy atom. The third-order valence-corrected chi connectivity index (χ3v) is 4.59. The maximum Gasteiger partial charge on any atom is 0.387 e. The zero-order valence-corrected chi connectivity index (χ0v) is 15.4. The lowest BCUT2D eigenvalue weighted by atomic mass is 10.0. The molecule has 1 aliphatic rings. The van der Waals surface area contributed by atoms with E-state index in [0.717, 1.165) is 0 Å². The van der Waals surface area contributed by atoms with Crippen molar-refractivity contribution >= 4 is 17.3 Å². The molecule has 29 heavy (non-hydrogen) atoms. The minimum absolute atomic E-state index is 0.0794. The predicted molar refractivity (Wildman–Crippen MR) is 103 cm³/mol. The normalized spacial score (nSPS) is 15.7. The Labute approximate surface area is 165 Å². The third-order valence-electron chi connectivity index (χ3n) is 4.59. The van der Waals surface area contributed by atoms with E-state index in [0.29, 0.717) is 22.5 Å². The quantitative estimate of drug-likeness (QED) is 0.689. The van der Waals surface area contributed by atoms with Crippen molar-refractivity contribution in [3.05, 3.63) is 78.1 Å². The lowest BCUT2D eigenvalue weighted by molar-refractivity contribution is -0.0512. The van der Waals surface area contributed by atoms with Gasteiger partial charge in [-0.25, -0.2) is 0 Å². The highest BCUT2D eigenvalue weighted by atomic mass is 19.3. The molecule has 6 nitrogen and oxygen atoms in total. The van der Waals surface area contributed by atoms with Crippen LogP contribution in [-0.4, -0.2) is 24.6 Å². The summed E-state index contributed by atoms with van der Waals surface area (Å²) in [6, 6.07) is 15.2. The number of ether oxygens (including phenoxy) is 2. The minimum atomic E-state index is -2.97. The van der Waals surface area contributed by atoms with Crippen molar-refractivity contribution in [3.63, 3.8) is 0 Å². The molecule has 1 aliphatic heterocycles. The zero-order valence-electron chi connectivity index (χ0n) is 15.4. The number of anilines is 2. The van der Waals surface area contributed by atoms with E-state index in [1.807, 2.05) is 12.1 Å². The van der Waals surface area contributed by atoms with Gasteiger partial charge >= 0.3 is 6.61 Å². The molecule has 0 radical (unpaired) electrons. The Bertz CT molecular complexity index is 1030. The molecule has 0 saturated heterocycles. The van der Waals surface area contributed by atoms with E-state index in [-0.39, 0.29) is 17.4 Å². The highest BCUT2D eigenvalue weighted by Gasteiger charge is 2.34. The maximum absolute atomic E-state index is 13.3. The van der Waals surface area contributed by atoms with Gasteiger partial charge < -0.3 is 14.8 Å². The Morgan fingerprint density at radius 2 is 1.83 bits per heavy atom. The first kappa shape index (κ1) is 18.7. The molecule has 3 aromatic rings. The van der Waals surface area contributed by atoms with E-state index < -0.39 is 12.8 Å². The zero-order chi connectivity index (χ0) is 20.4. The molecule has 0 aliphatic carbocycles. The smallest absolute Gasteiger partial charge is 0.387 e. The van der Waals surface area contributed by atoms with Gasteiger partial charge in [0.15, 0.2) is 11.5 Å². The molecule has 8 heteroatoms. The Balaban J connectivity index is 1.81. The van der Waals surface area contributed by atoms with Gasteiger partial charge in [-0.3, -0.25) is 14.7 Å². The van der Waals surface area contributed by atoms with E-state index in [1.54, 1.807) is 53.7 Å². The first-order valence-corrected chi connectivity index (χ1v) is 8.80. The molecular formula is C21H17F2N3O3. The molecule has 0 fully saturated rings. The number of hydrogen-bond acceptors (Lipinski definition) is 5. The summed E-state index contributed by atoms with van der Waals surface area (Å²) in [7, 11) is 1.37. The standard InChI is InChI=1S/C21H17F2N3O3/c1-28-18-12-13(6-7-17(18)29-21(22)23)19-25-16-5-3-2-4-15(16)20(27)26(19)14-8-10-24-11-9-14/h2-12,19,21,25H,1H3/t19-/m1/s1. The van der Waals surface area contributed by atoms with Crippen molar-refractivity contribution in [1.82, 2.24) is 4.98 Å². The van der Waals surface area contributed by atoms with Crippen LogP contribution in [0.2, 0.25) is 0 Å². The van der Waals surface area contributed by atoms with Crippen LogP contribution in [0.5, 0.6) is 11.5 Å². The summed E-state index contributed by atoms with van der Waals surface area (Å²) < 4.78 is 35.0. The topological polar surface area (TPSA) is 63.7 Å². The Hall–Kier alpha value is -3.68. The Kier molecular flexibility index (Phi) is 4.99. The number of fused-ring (bicyclic) bond motifs is 1. The number of hydrogen-bond donors (Lipinski definition) is 1. The number of nitrogens with zero attached hydrogens (tertiary/aromatic N) is 2. The predicted octanol–water partition coefficient (Wildman–Crippen LogP) is 4.46. The number of rotatable bonds is 5. The number of carbonyl (C=O) groups is 1. The number of para-hydroxylation sites is 1. The van der Waals surface area contributed by atoms with E-state index in [4.69, 9.17) is 4.74 Å². The third kappa shape index (κ3) is 3.56. The molecule has 4 rings (SSSR count). The molecule has 0 bridgehead atoms. The summed E-state index contributed by atoms with van der Waals surface area (Å²) in [5.74, 6) is -0.128. The van der Waals surface area contributed by atoms with Crippen molar-refractivity contribution in [2.45, 2.75) is 12.8 Å². The van der Waals surface area contributed by atoms with Crippen molar-refractivity contribution in [3.8, 4) is 11.5 Å². The van der Waals surface area contributed by atoms with Crippen LogP contribution < -0.4 is 19.7 Å². The van der Waals surface area contributed by atoms with E-state index in [1.165, 1.54) is 13.2 Å². The molecule has 1 aromatic heterocycles. The number of pyridine rings is 1. The summed E-state index contributed by atoms with van der Waals surface area (Å²) in [6.07, 6.45) is 2.61. The van der Waals surface area contributed by atoms with Crippen LogP contribution in [0.25, 0.3) is 0 Å². The van der Waals surface area contributed by atoms with E-state index in [2.05, 4.69) is 15.0 Å². The molecule has 1 amide bonds. The number of nitrogens with one attached hydrogen (secondary N) is 1. The second kappa shape index (κ2) is 7.75. The van der Waals surface area contributed by atoms with Crippen LogP contribution in [-0.2, 0) is 0 Å². The van der Waals surface area contributed by atoms with Crippen LogP contribution in [0.3, 0.4) is 0 Å². The van der Waals surface area contributed by atoms with Crippen LogP contribution in [0.1, 0.15) is 22.1 Å². The van der Waals surface area contributed by atoms with E-state index in [9.17, 15) is 13.6 Å². The van der Waals surface area contributed by atoms with Crippen molar-refractivity contribution in [1.29, 1.82) is 0 Å². The van der Waals surface area contributed by atoms with Gasteiger partial charge in [0.2, 0.25) is 0 Å². The van der Waals surface area contributed by atoms with Gasteiger partial charge in [-0.05, 0) is 42.0 Å². The van der Waals surface area contributed by atoms with Gasteiger partial charge in [-0.2, -0.15) is 8.78 Å². The van der Waals surface area contributed by atoms with Crippen molar-refractivity contribution in [2.24, 2.45) is 0 Å².